The molecule has 0 atom stereocenters. The molecule has 104 valence electrons. The molecular weight excluding hydrogens is 242 g/mol. The van der Waals surface area contributed by atoms with E-state index in [1.165, 1.54) is 0 Å². The minimum Gasteiger partial charge on any atom is -0.460 e. The highest BCUT2D eigenvalue weighted by molar-refractivity contribution is 5.89. The molecule has 0 radical (unpaired) electrons. The minimum atomic E-state index is -0.364. The van der Waals surface area contributed by atoms with Gasteiger partial charge in [-0.05, 0) is 25.0 Å². The van der Waals surface area contributed by atoms with Crippen LogP contribution in [0.15, 0.2) is 30.3 Å². The van der Waals surface area contributed by atoms with Gasteiger partial charge in [0.25, 0.3) is 0 Å². The largest absolute Gasteiger partial charge is 0.460 e. The summed E-state index contributed by atoms with van der Waals surface area (Å²) in [7, 11) is 0. The number of carbonyl (C=O) groups is 2. The number of ether oxygens (including phenoxy) is 1. The quantitative estimate of drug-likeness (QED) is 0.607. The summed E-state index contributed by atoms with van der Waals surface area (Å²) in [6.45, 7) is 4.53. The number of amides is 1. The summed E-state index contributed by atoms with van der Waals surface area (Å²) in [5.41, 5.74) is 0.522. The van der Waals surface area contributed by atoms with Crippen molar-refractivity contribution in [3.8, 4) is 0 Å². The maximum absolute atomic E-state index is 11.7. The lowest BCUT2D eigenvalue weighted by molar-refractivity contribution is -0.125. The van der Waals surface area contributed by atoms with Crippen LogP contribution >= 0.6 is 0 Å². The standard InChI is InChI=1S/C15H21NO3/c1-3-12(4-2)14(17)16-10-11-19-15(18)13-8-6-5-7-9-13/h5-9,12H,3-4,10-11H2,1-2H3,(H,16,17). The zero-order valence-corrected chi connectivity index (χ0v) is 11.5. The fourth-order valence-corrected chi connectivity index (χ4v) is 1.78. The zero-order chi connectivity index (χ0) is 14.1. The molecule has 0 saturated carbocycles. The third kappa shape index (κ3) is 5.12. The van der Waals surface area contributed by atoms with Crippen molar-refractivity contribution in [3.63, 3.8) is 0 Å². The Kier molecular flexibility index (Phi) is 6.64. The molecule has 1 rings (SSSR count). The van der Waals surface area contributed by atoms with E-state index in [1.807, 2.05) is 19.9 Å². The van der Waals surface area contributed by atoms with Crippen LogP contribution in [0, 0.1) is 5.92 Å². The Balaban J connectivity index is 2.24. The van der Waals surface area contributed by atoms with E-state index in [-0.39, 0.29) is 24.4 Å². The van der Waals surface area contributed by atoms with Gasteiger partial charge >= 0.3 is 5.97 Å². The van der Waals surface area contributed by atoms with Crippen molar-refractivity contribution in [2.45, 2.75) is 26.7 Å². The van der Waals surface area contributed by atoms with Crippen LogP contribution in [-0.2, 0) is 9.53 Å². The van der Waals surface area contributed by atoms with Crippen molar-refractivity contribution < 1.29 is 14.3 Å². The fourth-order valence-electron chi connectivity index (χ4n) is 1.78. The molecule has 0 spiro atoms. The molecule has 1 N–H and O–H groups in total. The van der Waals surface area contributed by atoms with Crippen LogP contribution < -0.4 is 5.32 Å². The highest BCUT2D eigenvalue weighted by atomic mass is 16.5. The molecule has 0 saturated heterocycles. The number of hydrogen-bond acceptors (Lipinski definition) is 3. The second-order valence-corrected chi connectivity index (χ2v) is 4.31. The number of nitrogens with one attached hydrogen (secondary N) is 1. The lowest BCUT2D eigenvalue weighted by atomic mass is 10.0. The van der Waals surface area contributed by atoms with E-state index in [0.717, 1.165) is 12.8 Å². The van der Waals surface area contributed by atoms with Crippen LogP contribution in [0.3, 0.4) is 0 Å². The summed E-state index contributed by atoms with van der Waals surface area (Å²) in [5.74, 6) is -0.289. The van der Waals surface area contributed by atoms with E-state index in [0.29, 0.717) is 12.1 Å². The van der Waals surface area contributed by atoms with Crippen LogP contribution in [-0.4, -0.2) is 25.0 Å². The molecule has 0 aliphatic carbocycles. The molecule has 0 aromatic heterocycles. The molecule has 0 heterocycles. The highest BCUT2D eigenvalue weighted by Gasteiger charge is 2.13. The van der Waals surface area contributed by atoms with Crippen molar-refractivity contribution in [3.05, 3.63) is 35.9 Å². The van der Waals surface area contributed by atoms with Crippen LogP contribution in [0.25, 0.3) is 0 Å². The average molecular weight is 263 g/mol. The fraction of sp³-hybridized carbons (Fsp3) is 0.467. The molecule has 4 nitrogen and oxygen atoms in total. The number of rotatable bonds is 7. The van der Waals surface area contributed by atoms with Gasteiger partial charge in [-0.15, -0.1) is 0 Å². The monoisotopic (exact) mass is 263 g/mol. The van der Waals surface area contributed by atoms with Crippen LogP contribution in [0.2, 0.25) is 0 Å². The summed E-state index contributed by atoms with van der Waals surface area (Å²) < 4.78 is 5.07. The summed E-state index contributed by atoms with van der Waals surface area (Å²) in [4.78, 5) is 23.3. The van der Waals surface area contributed by atoms with E-state index in [1.54, 1.807) is 24.3 Å². The van der Waals surface area contributed by atoms with Crippen molar-refractivity contribution >= 4 is 11.9 Å². The molecule has 19 heavy (non-hydrogen) atoms. The molecule has 0 bridgehead atoms. The molecule has 0 unspecified atom stereocenters. The van der Waals surface area contributed by atoms with Crippen molar-refractivity contribution in [2.24, 2.45) is 5.92 Å². The van der Waals surface area contributed by atoms with Gasteiger partial charge in [0.15, 0.2) is 0 Å². The van der Waals surface area contributed by atoms with E-state index in [2.05, 4.69) is 5.32 Å². The first-order valence-electron chi connectivity index (χ1n) is 6.68. The predicted molar refractivity (Wildman–Crippen MR) is 73.8 cm³/mol. The lowest BCUT2D eigenvalue weighted by Crippen LogP contribution is -2.33. The van der Waals surface area contributed by atoms with Gasteiger partial charge in [-0.3, -0.25) is 4.79 Å². The Hall–Kier alpha value is -1.84. The van der Waals surface area contributed by atoms with E-state index in [4.69, 9.17) is 4.74 Å². The first kappa shape index (κ1) is 15.2. The molecule has 0 aliphatic heterocycles. The normalized spacial score (nSPS) is 10.3. The summed E-state index contributed by atoms with van der Waals surface area (Å²) in [6, 6.07) is 8.81. The summed E-state index contributed by atoms with van der Waals surface area (Å²) in [6.07, 6.45) is 1.65. The smallest absolute Gasteiger partial charge is 0.338 e. The van der Waals surface area contributed by atoms with Gasteiger partial charge in [0, 0.05) is 5.92 Å². The number of benzene rings is 1. The number of esters is 1. The third-order valence-electron chi connectivity index (χ3n) is 3.00. The second kappa shape index (κ2) is 8.29. The maximum atomic E-state index is 11.7. The van der Waals surface area contributed by atoms with E-state index in [9.17, 15) is 9.59 Å². The molecule has 1 aromatic rings. The average Bonchev–Trinajstić information content (AvgIpc) is 2.45. The topological polar surface area (TPSA) is 55.4 Å². The van der Waals surface area contributed by atoms with Crippen molar-refractivity contribution in [1.82, 2.24) is 5.32 Å². The third-order valence-corrected chi connectivity index (χ3v) is 3.00. The van der Waals surface area contributed by atoms with Gasteiger partial charge in [-0.1, -0.05) is 32.0 Å². The summed E-state index contributed by atoms with van der Waals surface area (Å²) >= 11 is 0. The molecule has 1 amide bonds. The minimum absolute atomic E-state index is 0.0285. The van der Waals surface area contributed by atoms with Crippen LogP contribution in [0.4, 0.5) is 0 Å². The van der Waals surface area contributed by atoms with Gasteiger partial charge in [0.05, 0.1) is 12.1 Å². The molecule has 4 heteroatoms. The number of hydrogen-bond donors (Lipinski definition) is 1. The van der Waals surface area contributed by atoms with Gasteiger partial charge < -0.3 is 10.1 Å². The van der Waals surface area contributed by atoms with Gasteiger partial charge in [0.1, 0.15) is 6.61 Å². The maximum Gasteiger partial charge on any atom is 0.338 e. The van der Waals surface area contributed by atoms with Crippen LogP contribution in [0.1, 0.15) is 37.0 Å². The Morgan fingerprint density at radius 3 is 2.37 bits per heavy atom. The molecular formula is C15H21NO3. The van der Waals surface area contributed by atoms with Crippen LogP contribution in [0.5, 0.6) is 0 Å². The Morgan fingerprint density at radius 2 is 1.79 bits per heavy atom. The second-order valence-electron chi connectivity index (χ2n) is 4.31. The first-order chi connectivity index (χ1) is 9.19. The Labute approximate surface area is 114 Å². The van der Waals surface area contributed by atoms with E-state index >= 15 is 0 Å². The Morgan fingerprint density at radius 1 is 1.16 bits per heavy atom. The zero-order valence-electron chi connectivity index (χ0n) is 11.5. The number of carbonyl (C=O) groups excluding carboxylic acids is 2. The van der Waals surface area contributed by atoms with Crippen molar-refractivity contribution in [2.75, 3.05) is 13.2 Å². The van der Waals surface area contributed by atoms with Gasteiger partial charge in [-0.25, -0.2) is 4.79 Å². The predicted octanol–water partition coefficient (Wildman–Crippen LogP) is 2.40. The highest BCUT2D eigenvalue weighted by Crippen LogP contribution is 2.06. The first-order valence-corrected chi connectivity index (χ1v) is 6.68. The lowest BCUT2D eigenvalue weighted by Gasteiger charge is -2.12. The Bertz CT molecular complexity index is 399. The van der Waals surface area contributed by atoms with Crippen molar-refractivity contribution in [1.29, 1.82) is 0 Å². The van der Waals surface area contributed by atoms with Gasteiger partial charge in [0.2, 0.25) is 5.91 Å². The van der Waals surface area contributed by atoms with Gasteiger partial charge in [-0.2, -0.15) is 0 Å². The SMILES string of the molecule is CCC(CC)C(=O)NCCOC(=O)c1ccccc1. The molecule has 1 aromatic carbocycles. The summed E-state index contributed by atoms with van der Waals surface area (Å²) in [5, 5.41) is 2.78. The van der Waals surface area contributed by atoms with E-state index < -0.39 is 0 Å². The molecule has 0 aliphatic rings. The molecule has 0 fully saturated rings.